The molecule has 3 aromatic rings. The molecule has 1 aliphatic rings. The molecule has 0 saturated carbocycles. The molecule has 0 spiro atoms. The van der Waals surface area contributed by atoms with Crippen LogP contribution in [0.25, 0.3) is 11.0 Å². The molecule has 1 saturated heterocycles. The van der Waals surface area contributed by atoms with Crippen LogP contribution < -0.4 is 10.6 Å². The number of methoxy groups -OCH3 is 1. The molecule has 0 radical (unpaired) electrons. The predicted molar refractivity (Wildman–Crippen MR) is 112 cm³/mol. The van der Waals surface area contributed by atoms with Crippen LogP contribution in [0.15, 0.2) is 41.0 Å². The molecule has 0 atom stereocenters. The zero-order valence-corrected chi connectivity index (χ0v) is 17.5. The van der Waals surface area contributed by atoms with Gasteiger partial charge in [-0.2, -0.15) is 0 Å². The van der Waals surface area contributed by atoms with E-state index in [4.69, 9.17) is 13.9 Å². The Labute approximate surface area is 178 Å². The maximum Gasteiger partial charge on any atom is 0.293 e. The number of carbonyl (C=O) groups is 3. The second-order valence-corrected chi connectivity index (χ2v) is 7.70. The van der Waals surface area contributed by atoms with E-state index in [1.807, 2.05) is 0 Å². The van der Waals surface area contributed by atoms with Crippen LogP contribution in [0.2, 0.25) is 0 Å². The van der Waals surface area contributed by atoms with Crippen LogP contribution in [0, 0.1) is 6.92 Å². The Hall–Kier alpha value is -3.43. The summed E-state index contributed by atoms with van der Waals surface area (Å²) in [6, 6.07) is 8.53. The number of carbonyl (C=O) groups excluding carboxylic acids is 3. The molecule has 3 heterocycles. The van der Waals surface area contributed by atoms with Crippen molar-refractivity contribution in [3.8, 4) is 0 Å². The fourth-order valence-electron chi connectivity index (χ4n) is 3.62. The van der Waals surface area contributed by atoms with Gasteiger partial charge in [0.1, 0.15) is 16.8 Å². The van der Waals surface area contributed by atoms with E-state index in [2.05, 4.69) is 10.6 Å². The molecule has 2 amide bonds. The number of benzene rings is 1. The third-order valence-electron chi connectivity index (χ3n) is 5.49. The topological polar surface area (TPSA) is 112 Å². The normalized spacial score (nSPS) is 14.8. The van der Waals surface area contributed by atoms with Crippen molar-refractivity contribution < 1.29 is 28.3 Å². The molecule has 4 rings (SSSR count). The smallest absolute Gasteiger partial charge is 0.293 e. The number of aromatic nitrogens is 1. The van der Waals surface area contributed by atoms with Crippen LogP contribution in [0.3, 0.4) is 0 Å². The Kier molecular flexibility index (Phi) is 5.38. The SMILES string of the molecule is COCC1(NC(=O)C(=O)c2cc(C(=O)Nc3ccc4occc4c3)n(C)c2C)COC1. The monoisotopic (exact) mass is 425 g/mol. The van der Waals surface area contributed by atoms with E-state index in [1.165, 1.54) is 13.2 Å². The van der Waals surface area contributed by atoms with Gasteiger partial charge in [-0.15, -0.1) is 0 Å². The summed E-state index contributed by atoms with van der Waals surface area (Å²) in [6.07, 6.45) is 1.58. The minimum atomic E-state index is -0.758. The molecule has 1 fully saturated rings. The fourth-order valence-corrected chi connectivity index (χ4v) is 3.62. The van der Waals surface area contributed by atoms with E-state index in [-0.39, 0.29) is 31.1 Å². The minimum absolute atomic E-state index is 0.170. The summed E-state index contributed by atoms with van der Waals surface area (Å²) in [6.45, 7) is 2.49. The largest absolute Gasteiger partial charge is 0.464 e. The average Bonchev–Trinajstić information content (AvgIpc) is 3.30. The van der Waals surface area contributed by atoms with Crippen molar-refractivity contribution in [2.24, 2.45) is 7.05 Å². The van der Waals surface area contributed by atoms with Gasteiger partial charge < -0.3 is 29.1 Å². The van der Waals surface area contributed by atoms with Crippen molar-refractivity contribution in [2.45, 2.75) is 12.5 Å². The summed E-state index contributed by atoms with van der Waals surface area (Å²) in [7, 11) is 3.19. The summed E-state index contributed by atoms with van der Waals surface area (Å²) in [5.74, 6) is -1.86. The minimum Gasteiger partial charge on any atom is -0.464 e. The molecular weight excluding hydrogens is 402 g/mol. The number of nitrogens with one attached hydrogen (secondary N) is 2. The van der Waals surface area contributed by atoms with Gasteiger partial charge >= 0.3 is 0 Å². The van der Waals surface area contributed by atoms with Crippen molar-refractivity contribution >= 4 is 34.3 Å². The molecule has 2 N–H and O–H groups in total. The van der Waals surface area contributed by atoms with Gasteiger partial charge in [-0.3, -0.25) is 14.4 Å². The van der Waals surface area contributed by atoms with Gasteiger partial charge in [0, 0.05) is 36.5 Å². The number of rotatable bonds is 7. The van der Waals surface area contributed by atoms with Gasteiger partial charge in [-0.25, -0.2) is 0 Å². The number of ether oxygens (including phenoxy) is 2. The Morgan fingerprint density at radius 1 is 1.19 bits per heavy atom. The van der Waals surface area contributed by atoms with E-state index in [9.17, 15) is 14.4 Å². The van der Waals surface area contributed by atoms with Crippen LogP contribution >= 0.6 is 0 Å². The maximum absolute atomic E-state index is 12.8. The second-order valence-electron chi connectivity index (χ2n) is 7.70. The van der Waals surface area contributed by atoms with Crippen LogP contribution in [0.5, 0.6) is 0 Å². The predicted octanol–water partition coefficient (Wildman–Crippen LogP) is 2.05. The number of ketones is 1. The first-order chi connectivity index (χ1) is 14.8. The van der Waals surface area contributed by atoms with E-state index >= 15 is 0 Å². The highest BCUT2D eigenvalue weighted by Crippen LogP contribution is 2.22. The lowest BCUT2D eigenvalue weighted by Gasteiger charge is -2.41. The third-order valence-corrected chi connectivity index (χ3v) is 5.49. The lowest BCUT2D eigenvalue weighted by molar-refractivity contribution is -0.135. The lowest BCUT2D eigenvalue weighted by Crippen LogP contribution is -2.65. The fraction of sp³-hybridized carbons (Fsp3) is 0.318. The molecular formula is C22H23N3O6. The number of hydrogen-bond donors (Lipinski definition) is 2. The lowest BCUT2D eigenvalue weighted by atomic mass is 9.98. The molecule has 0 bridgehead atoms. The van der Waals surface area contributed by atoms with Crippen LogP contribution in [0.1, 0.15) is 26.5 Å². The molecule has 1 aliphatic heterocycles. The van der Waals surface area contributed by atoms with Crippen molar-refractivity contribution in [1.82, 2.24) is 9.88 Å². The number of Topliss-reactive ketones (excluding diaryl/α,β-unsaturated/α-hetero) is 1. The van der Waals surface area contributed by atoms with Crippen molar-refractivity contribution in [1.29, 1.82) is 0 Å². The van der Waals surface area contributed by atoms with Gasteiger partial charge in [-0.1, -0.05) is 0 Å². The summed E-state index contributed by atoms with van der Waals surface area (Å²) < 4.78 is 17.2. The standard InChI is InChI=1S/C22H23N3O6/c1-13-16(19(26)21(28)24-22(10-29-3)11-30-12-22)9-17(25(13)2)20(27)23-15-4-5-18-14(8-15)6-7-31-18/h4-9H,10-12H2,1-3H3,(H,23,27)(H,24,28). The van der Waals surface area contributed by atoms with Crippen molar-refractivity contribution in [2.75, 3.05) is 32.2 Å². The number of nitrogens with zero attached hydrogens (tertiary/aromatic N) is 1. The first-order valence-corrected chi connectivity index (χ1v) is 9.72. The zero-order chi connectivity index (χ0) is 22.2. The Balaban J connectivity index is 1.52. The van der Waals surface area contributed by atoms with Gasteiger partial charge in [-0.05, 0) is 37.3 Å². The van der Waals surface area contributed by atoms with Gasteiger partial charge in [0.2, 0.25) is 0 Å². The van der Waals surface area contributed by atoms with Gasteiger partial charge in [0.05, 0.1) is 26.1 Å². The summed E-state index contributed by atoms with van der Waals surface area (Å²) in [5.41, 5.74) is 1.56. The number of furan rings is 1. The zero-order valence-electron chi connectivity index (χ0n) is 17.5. The Morgan fingerprint density at radius 3 is 2.65 bits per heavy atom. The quantitative estimate of drug-likeness (QED) is 0.443. The first kappa shape index (κ1) is 20.8. The second kappa shape index (κ2) is 8.01. The number of hydrogen-bond acceptors (Lipinski definition) is 6. The molecule has 0 aliphatic carbocycles. The van der Waals surface area contributed by atoms with Gasteiger partial charge in [0.15, 0.2) is 0 Å². The van der Waals surface area contributed by atoms with Crippen molar-refractivity contribution in [3.63, 3.8) is 0 Å². The van der Waals surface area contributed by atoms with Crippen LogP contribution in [0.4, 0.5) is 5.69 Å². The Bertz CT molecular complexity index is 1170. The molecule has 2 aromatic heterocycles. The number of fused-ring (bicyclic) bond motifs is 1. The maximum atomic E-state index is 12.8. The van der Waals surface area contributed by atoms with Crippen molar-refractivity contribution in [3.05, 3.63) is 53.5 Å². The van der Waals surface area contributed by atoms with E-state index < -0.39 is 23.1 Å². The van der Waals surface area contributed by atoms with Crippen LogP contribution in [-0.4, -0.2) is 54.6 Å². The highest BCUT2D eigenvalue weighted by Gasteiger charge is 2.41. The highest BCUT2D eigenvalue weighted by molar-refractivity contribution is 6.43. The van der Waals surface area contributed by atoms with E-state index in [0.29, 0.717) is 11.4 Å². The molecule has 0 unspecified atom stereocenters. The molecule has 162 valence electrons. The molecule has 1 aromatic carbocycles. The third kappa shape index (κ3) is 3.85. The molecule has 9 heteroatoms. The van der Waals surface area contributed by atoms with E-state index in [1.54, 1.807) is 49.1 Å². The average molecular weight is 425 g/mol. The summed E-state index contributed by atoms with van der Waals surface area (Å²) >= 11 is 0. The number of amides is 2. The highest BCUT2D eigenvalue weighted by atomic mass is 16.5. The molecule has 9 nitrogen and oxygen atoms in total. The number of anilines is 1. The summed E-state index contributed by atoms with van der Waals surface area (Å²) in [4.78, 5) is 38.2. The van der Waals surface area contributed by atoms with Crippen LogP contribution in [-0.2, 0) is 21.3 Å². The van der Waals surface area contributed by atoms with Gasteiger partial charge in [0.25, 0.3) is 17.6 Å². The first-order valence-electron chi connectivity index (χ1n) is 9.72. The summed E-state index contributed by atoms with van der Waals surface area (Å²) in [5, 5.41) is 6.39. The Morgan fingerprint density at radius 2 is 1.97 bits per heavy atom. The van der Waals surface area contributed by atoms with E-state index in [0.717, 1.165) is 11.0 Å². The molecule has 31 heavy (non-hydrogen) atoms.